The molecule has 0 aromatic carbocycles. The molecule has 0 aromatic heterocycles. The number of rotatable bonds is 0. The first-order chi connectivity index (χ1) is 6.83. The summed E-state index contributed by atoms with van der Waals surface area (Å²) in [6, 6.07) is 0.796. The van der Waals surface area contributed by atoms with Crippen molar-refractivity contribution in [1.29, 1.82) is 0 Å². The third kappa shape index (κ3) is 1.79. The molecule has 1 aliphatic carbocycles. The van der Waals surface area contributed by atoms with E-state index >= 15 is 0 Å². The number of hydrogen-bond donors (Lipinski definition) is 0. The standard InChI is InChI=1S/C12H22N2/c1-13-12-9-8-10-6-4-3-5-7-11(10)14(12)2/h10-11H,3-9H2,1-2H3. The Morgan fingerprint density at radius 3 is 2.71 bits per heavy atom. The van der Waals surface area contributed by atoms with Gasteiger partial charge in [0.15, 0.2) is 0 Å². The molecule has 1 saturated heterocycles. The van der Waals surface area contributed by atoms with Gasteiger partial charge in [-0.2, -0.15) is 0 Å². The van der Waals surface area contributed by atoms with Gasteiger partial charge >= 0.3 is 0 Å². The quantitative estimate of drug-likeness (QED) is 0.579. The predicted molar refractivity (Wildman–Crippen MR) is 60.7 cm³/mol. The minimum Gasteiger partial charge on any atom is -0.360 e. The molecule has 2 atom stereocenters. The topological polar surface area (TPSA) is 15.6 Å². The molecule has 0 amide bonds. The average molecular weight is 194 g/mol. The molecule has 0 radical (unpaired) electrons. The van der Waals surface area contributed by atoms with Crippen molar-refractivity contribution in [2.75, 3.05) is 14.1 Å². The summed E-state index contributed by atoms with van der Waals surface area (Å²) < 4.78 is 0. The van der Waals surface area contributed by atoms with Crippen LogP contribution in [-0.4, -0.2) is 30.9 Å². The van der Waals surface area contributed by atoms with Gasteiger partial charge in [0.05, 0.1) is 5.84 Å². The van der Waals surface area contributed by atoms with Crippen LogP contribution in [0.5, 0.6) is 0 Å². The van der Waals surface area contributed by atoms with Crippen LogP contribution in [0.1, 0.15) is 44.9 Å². The van der Waals surface area contributed by atoms with Gasteiger partial charge in [0.2, 0.25) is 0 Å². The van der Waals surface area contributed by atoms with Gasteiger partial charge in [0.1, 0.15) is 0 Å². The van der Waals surface area contributed by atoms with Crippen molar-refractivity contribution in [3.8, 4) is 0 Å². The van der Waals surface area contributed by atoms with Crippen molar-refractivity contribution < 1.29 is 0 Å². The first-order valence-corrected chi connectivity index (χ1v) is 6.01. The van der Waals surface area contributed by atoms with E-state index in [1.807, 2.05) is 7.05 Å². The molecule has 0 N–H and O–H groups in total. The number of fused-ring (bicyclic) bond motifs is 1. The molecule has 1 saturated carbocycles. The Bertz CT molecular complexity index is 222. The molecule has 2 heteroatoms. The number of nitrogens with zero attached hydrogens (tertiary/aromatic N) is 2. The van der Waals surface area contributed by atoms with Gasteiger partial charge in [-0.05, 0) is 25.2 Å². The van der Waals surface area contributed by atoms with E-state index in [-0.39, 0.29) is 0 Å². The molecule has 2 aliphatic rings. The van der Waals surface area contributed by atoms with Crippen molar-refractivity contribution >= 4 is 5.84 Å². The highest BCUT2D eigenvalue weighted by Gasteiger charge is 2.32. The van der Waals surface area contributed by atoms with Gasteiger partial charge in [-0.3, -0.25) is 4.99 Å². The Kier molecular flexibility index (Phi) is 3.09. The molecule has 80 valence electrons. The highest BCUT2D eigenvalue weighted by atomic mass is 15.2. The summed E-state index contributed by atoms with van der Waals surface area (Å²) in [5.74, 6) is 2.28. The van der Waals surface area contributed by atoms with Crippen molar-refractivity contribution in [3.63, 3.8) is 0 Å². The highest BCUT2D eigenvalue weighted by molar-refractivity contribution is 5.83. The molecule has 1 heterocycles. The van der Waals surface area contributed by atoms with Gasteiger partial charge in [-0.15, -0.1) is 0 Å². The molecular formula is C12H22N2. The zero-order chi connectivity index (χ0) is 9.97. The number of aliphatic imine (C=N–C) groups is 1. The van der Waals surface area contributed by atoms with Gasteiger partial charge in [-0.25, -0.2) is 0 Å². The van der Waals surface area contributed by atoms with E-state index in [0.717, 1.165) is 12.0 Å². The monoisotopic (exact) mass is 194 g/mol. The first-order valence-electron chi connectivity index (χ1n) is 6.01. The van der Waals surface area contributed by atoms with Crippen LogP contribution >= 0.6 is 0 Å². The Labute approximate surface area is 87.4 Å². The zero-order valence-electron chi connectivity index (χ0n) is 9.50. The van der Waals surface area contributed by atoms with Crippen LogP contribution in [-0.2, 0) is 0 Å². The lowest BCUT2D eigenvalue weighted by atomic mass is 9.85. The summed E-state index contributed by atoms with van der Waals surface area (Å²) >= 11 is 0. The van der Waals surface area contributed by atoms with Gasteiger partial charge < -0.3 is 4.90 Å². The van der Waals surface area contributed by atoms with Gasteiger partial charge in [0.25, 0.3) is 0 Å². The summed E-state index contributed by atoms with van der Waals surface area (Å²) in [5, 5.41) is 0. The Balaban J connectivity index is 2.10. The largest absolute Gasteiger partial charge is 0.360 e. The van der Waals surface area contributed by atoms with Gasteiger partial charge in [0, 0.05) is 26.6 Å². The van der Waals surface area contributed by atoms with Crippen molar-refractivity contribution in [2.45, 2.75) is 51.0 Å². The lowest BCUT2D eigenvalue weighted by Crippen LogP contribution is -2.45. The minimum atomic E-state index is 0.796. The number of hydrogen-bond acceptors (Lipinski definition) is 1. The second-order valence-electron chi connectivity index (χ2n) is 4.75. The molecule has 1 aliphatic heterocycles. The lowest BCUT2D eigenvalue weighted by molar-refractivity contribution is 0.205. The van der Waals surface area contributed by atoms with Crippen LogP contribution in [0, 0.1) is 5.92 Å². The molecule has 2 fully saturated rings. The van der Waals surface area contributed by atoms with E-state index in [1.54, 1.807) is 0 Å². The molecule has 0 aromatic rings. The second kappa shape index (κ2) is 4.33. The van der Waals surface area contributed by atoms with E-state index in [1.165, 1.54) is 50.8 Å². The second-order valence-corrected chi connectivity index (χ2v) is 4.75. The maximum absolute atomic E-state index is 4.39. The van der Waals surface area contributed by atoms with E-state index < -0.39 is 0 Å². The van der Waals surface area contributed by atoms with Crippen molar-refractivity contribution in [3.05, 3.63) is 0 Å². The fraction of sp³-hybridized carbons (Fsp3) is 0.917. The Morgan fingerprint density at radius 2 is 1.93 bits per heavy atom. The number of likely N-dealkylation sites (tertiary alicyclic amines) is 1. The molecule has 2 unspecified atom stereocenters. The lowest BCUT2D eigenvalue weighted by Gasteiger charge is -2.40. The van der Waals surface area contributed by atoms with E-state index in [4.69, 9.17) is 0 Å². The minimum absolute atomic E-state index is 0.796. The summed E-state index contributed by atoms with van der Waals surface area (Å²) in [7, 11) is 4.17. The van der Waals surface area contributed by atoms with Crippen LogP contribution in [0.25, 0.3) is 0 Å². The fourth-order valence-corrected chi connectivity index (χ4v) is 3.16. The van der Waals surface area contributed by atoms with E-state index in [9.17, 15) is 0 Å². The zero-order valence-corrected chi connectivity index (χ0v) is 9.50. The molecule has 2 rings (SSSR count). The highest BCUT2D eigenvalue weighted by Crippen LogP contribution is 2.34. The summed E-state index contributed by atoms with van der Waals surface area (Å²) in [6.07, 6.45) is 9.73. The summed E-state index contributed by atoms with van der Waals surface area (Å²) in [4.78, 5) is 6.85. The third-order valence-corrected chi connectivity index (χ3v) is 4.02. The number of amidine groups is 1. The average Bonchev–Trinajstić information content (AvgIpc) is 2.44. The molecule has 0 bridgehead atoms. The molecule has 2 nitrogen and oxygen atoms in total. The van der Waals surface area contributed by atoms with Crippen molar-refractivity contribution in [2.24, 2.45) is 10.9 Å². The van der Waals surface area contributed by atoms with Crippen LogP contribution < -0.4 is 0 Å². The normalized spacial score (nSPS) is 36.7. The van der Waals surface area contributed by atoms with Crippen LogP contribution in [0.15, 0.2) is 4.99 Å². The van der Waals surface area contributed by atoms with E-state index in [0.29, 0.717) is 0 Å². The number of piperidine rings is 1. The van der Waals surface area contributed by atoms with Crippen LogP contribution in [0.3, 0.4) is 0 Å². The molecule has 14 heavy (non-hydrogen) atoms. The summed E-state index contributed by atoms with van der Waals surface area (Å²) in [5.41, 5.74) is 0. The maximum atomic E-state index is 4.39. The molecule has 0 spiro atoms. The van der Waals surface area contributed by atoms with Crippen LogP contribution in [0.2, 0.25) is 0 Å². The SMILES string of the molecule is CN=C1CCC2CCCCCC2N1C. The smallest absolute Gasteiger partial charge is 0.0985 e. The fourth-order valence-electron chi connectivity index (χ4n) is 3.16. The third-order valence-electron chi connectivity index (χ3n) is 4.02. The van der Waals surface area contributed by atoms with E-state index in [2.05, 4.69) is 16.9 Å². The summed E-state index contributed by atoms with van der Waals surface area (Å²) in [6.45, 7) is 0. The van der Waals surface area contributed by atoms with Crippen molar-refractivity contribution in [1.82, 2.24) is 4.90 Å². The predicted octanol–water partition coefficient (Wildman–Crippen LogP) is 2.69. The first kappa shape index (κ1) is 10.0. The Hall–Kier alpha value is -0.530. The Morgan fingerprint density at radius 1 is 1.14 bits per heavy atom. The molecular weight excluding hydrogens is 172 g/mol. The maximum Gasteiger partial charge on any atom is 0.0985 e. The van der Waals surface area contributed by atoms with Gasteiger partial charge in [-0.1, -0.05) is 19.3 Å². The van der Waals surface area contributed by atoms with Crippen LogP contribution in [0.4, 0.5) is 0 Å².